The van der Waals surface area contributed by atoms with E-state index in [2.05, 4.69) is 4.72 Å². The molecule has 0 spiro atoms. The quantitative estimate of drug-likeness (QED) is 0.765. The first-order valence-corrected chi connectivity index (χ1v) is 8.35. The van der Waals surface area contributed by atoms with Gasteiger partial charge in [0.1, 0.15) is 0 Å². The van der Waals surface area contributed by atoms with Crippen molar-refractivity contribution in [2.24, 2.45) is 5.73 Å². The summed E-state index contributed by atoms with van der Waals surface area (Å²) in [5.74, 6) is 0.102. The Morgan fingerprint density at radius 1 is 1.21 bits per heavy atom. The lowest BCUT2D eigenvalue weighted by Gasteiger charge is -2.17. The molecule has 1 rings (SSSR count). The van der Waals surface area contributed by atoms with Crippen LogP contribution in [0.4, 0.5) is 0 Å². The number of benzene rings is 1. The summed E-state index contributed by atoms with van der Waals surface area (Å²) in [4.78, 5) is 0. The largest absolute Gasteiger partial charge is 0.330 e. The third-order valence-corrected chi connectivity index (χ3v) is 4.76. The molecule has 0 aliphatic rings. The SMILES string of the molecule is CC(CCCN)NS(=O)(=O)CC(C)c1ccccc1. The molecule has 5 heteroatoms. The summed E-state index contributed by atoms with van der Waals surface area (Å²) in [5, 5.41) is 0. The summed E-state index contributed by atoms with van der Waals surface area (Å²) < 4.78 is 26.8. The number of nitrogens with one attached hydrogen (secondary N) is 1. The van der Waals surface area contributed by atoms with Crippen molar-refractivity contribution in [1.82, 2.24) is 4.72 Å². The Hall–Kier alpha value is -0.910. The van der Waals surface area contributed by atoms with Gasteiger partial charge in [0.15, 0.2) is 0 Å². The van der Waals surface area contributed by atoms with E-state index in [-0.39, 0.29) is 17.7 Å². The Morgan fingerprint density at radius 2 is 1.84 bits per heavy atom. The van der Waals surface area contributed by atoms with Gasteiger partial charge in [-0.25, -0.2) is 13.1 Å². The zero-order valence-corrected chi connectivity index (χ0v) is 12.5. The van der Waals surface area contributed by atoms with Gasteiger partial charge in [0.05, 0.1) is 5.75 Å². The van der Waals surface area contributed by atoms with Crippen molar-refractivity contribution < 1.29 is 8.42 Å². The lowest BCUT2D eigenvalue weighted by Crippen LogP contribution is -2.35. The molecule has 2 unspecified atom stereocenters. The minimum Gasteiger partial charge on any atom is -0.330 e. The van der Waals surface area contributed by atoms with Crippen molar-refractivity contribution in [3.63, 3.8) is 0 Å². The van der Waals surface area contributed by atoms with E-state index in [1.54, 1.807) is 0 Å². The number of sulfonamides is 1. The van der Waals surface area contributed by atoms with E-state index >= 15 is 0 Å². The second kappa shape index (κ2) is 7.62. The molecule has 1 aromatic carbocycles. The van der Waals surface area contributed by atoms with Crippen LogP contribution >= 0.6 is 0 Å². The maximum atomic E-state index is 12.0. The summed E-state index contributed by atoms with van der Waals surface area (Å²) in [6, 6.07) is 9.64. The minimum atomic E-state index is -3.25. The van der Waals surface area contributed by atoms with E-state index in [1.165, 1.54) is 0 Å². The van der Waals surface area contributed by atoms with Crippen molar-refractivity contribution in [2.45, 2.75) is 38.6 Å². The highest BCUT2D eigenvalue weighted by Gasteiger charge is 2.18. The summed E-state index contributed by atoms with van der Waals surface area (Å²) in [7, 11) is -3.25. The number of hydrogen-bond acceptors (Lipinski definition) is 3. The van der Waals surface area contributed by atoms with Crippen LogP contribution in [0.25, 0.3) is 0 Å². The molecule has 0 aromatic heterocycles. The Kier molecular flexibility index (Phi) is 6.48. The fourth-order valence-electron chi connectivity index (χ4n) is 2.04. The smallest absolute Gasteiger partial charge is 0.212 e. The average Bonchev–Trinajstić information content (AvgIpc) is 2.36. The molecular weight excluding hydrogens is 260 g/mol. The summed E-state index contributed by atoms with van der Waals surface area (Å²) in [6.45, 7) is 4.39. The van der Waals surface area contributed by atoms with E-state index in [4.69, 9.17) is 5.73 Å². The van der Waals surface area contributed by atoms with Crippen molar-refractivity contribution >= 4 is 10.0 Å². The van der Waals surface area contributed by atoms with Gasteiger partial charge in [-0.2, -0.15) is 0 Å². The number of nitrogens with two attached hydrogens (primary N) is 1. The molecule has 108 valence electrons. The molecule has 0 fully saturated rings. The van der Waals surface area contributed by atoms with Crippen LogP contribution in [0.1, 0.15) is 38.2 Å². The molecule has 0 saturated heterocycles. The normalized spacial score (nSPS) is 15.1. The van der Waals surface area contributed by atoms with Crippen molar-refractivity contribution in [3.05, 3.63) is 35.9 Å². The molecule has 3 N–H and O–H groups in total. The standard InChI is InChI=1S/C14H24N2O2S/c1-12(14-8-4-3-5-9-14)11-19(17,18)16-13(2)7-6-10-15/h3-5,8-9,12-13,16H,6-7,10-11,15H2,1-2H3. The van der Waals surface area contributed by atoms with Gasteiger partial charge in [-0.3, -0.25) is 0 Å². The minimum absolute atomic E-state index is 0.0135. The second-order valence-electron chi connectivity index (χ2n) is 5.04. The molecular formula is C14H24N2O2S. The van der Waals surface area contributed by atoms with Gasteiger partial charge in [-0.15, -0.1) is 0 Å². The third kappa shape index (κ3) is 6.18. The maximum absolute atomic E-state index is 12.0. The highest BCUT2D eigenvalue weighted by molar-refractivity contribution is 7.89. The first kappa shape index (κ1) is 16.1. The zero-order chi connectivity index (χ0) is 14.3. The molecule has 0 bridgehead atoms. The third-order valence-electron chi connectivity index (χ3n) is 3.06. The van der Waals surface area contributed by atoms with Gasteiger partial charge in [0, 0.05) is 6.04 Å². The Morgan fingerprint density at radius 3 is 2.42 bits per heavy atom. The molecule has 0 aliphatic carbocycles. The van der Waals surface area contributed by atoms with Crippen molar-refractivity contribution in [2.75, 3.05) is 12.3 Å². The number of rotatable bonds is 8. The van der Waals surface area contributed by atoms with E-state index in [9.17, 15) is 8.42 Å². The number of hydrogen-bond donors (Lipinski definition) is 2. The van der Waals surface area contributed by atoms with E-state index in [1.807, 2.05) is 44.2 Å². The Bertz CT molecular complexity index is 460. The van der Waals surface area contributed by atoms with Gasteiger partial charge in [-0.05, 0) is 37.8 Å². The Labute approximate surface area is 116 Å². The zero-order valence-electron chi connectivity index (χ0n) is 11.7. The summed E-state index contributed by atoms with van der Waals surface area (Å²) in [5.41, 5.74) is 6.46. The van der Waals surface area contributed by atoms with Gasteiger partial charge in [0.25, 0.3) is 0 Å². The van der Waals surface area contributed by atoms with Crippen LogP contribution in [0, 0.1) is 0 Å². The van der Waals surface area contributed by atoms with Gasteiger partial charge in [0.2, 0.25) is 10.0 Å². The highest BCUT2D eigenvalue weighted by atomic mass is 32.2. The van der Waals surface area contributed by atoms with E-state index in [0.717, 1.165) is 18.4 Å². The van der Waals surface area contributed by atoms with Crippen LogP contribution in [0.15, 0.2) is 30.3 Å². The van der Waals surface area contributed by atoms with Crippen LogP contribution in [0.5, 0.6) is 0 Å². The monoisotopic (exact) mass is 284 g/mol. The lowest BCUT2D eigenvalue weighted by molar-refractivity contribution is 0.535. The predicted octanol–water partition coefficient (Wildman–Crippen LogP) is 1.84. The molecule has 4 nitrogen and oxygen atoms in total. The van der Waals surface area contributed by atoms with Gasteiger partial charge in [-0.1, -0.05) is 37.3 Å². The molecule has 0 amide bonds. The molecule has 2 atom stereocenters. The fraction of sp³-hybridized carbons (Fsp3) is 0.571. The second-order valence-corrected chi connectivity index (χ2v) is 6.84. The molecule has 0 heterocycles. The Balaban J connectivity index is 2.55. The predicted molar refractivity (Wildman–Crippen MR) is 79.5 cm³/mol. The summed E-state index contributed by atoms with van der Waals surface area (Å²) >= 11 is 0. The highest BCUT2D eigenvalue weighted by Crippen LogP contribution is 2.16. The molecule has 0 saturated carbocycles. The van der Waals surface area contributed by atoms with E-state index < -0.39 is 10.0 Å². The van der Waals surface area contributed by atoms with E-state index in [0.29, 0.717) is 6.54 Å². The molecule has 19 heavy (non-hydrogen) atoms. The topological polar surface area (TPSA) is 72.2 Å². The molecule has 1 aromatic rings. The first-order chi connectivity index (χ1) is 8.94. The average molecular weight is 284 g/mol. The van der Waals surface area contributed by atoms with Crippen LogP contribution < -0.4 is 10.5 Å². The van der Waals surface area contributed by atoms with Crippen LogP contribution in [-0.2, 0) is 10.0 Å². The van der Waals surface area contributed by atoms with Crippen LogP contribution in [0.2, 0.25) is 0 Å². The summed E-state index contributed by atoms with van der Waals surface area (Å²) in [6.07, 6.45) is 1.60. The first-order valence-electron chi connectivity index (χ1n) is 6.69. The fourth-order valence-corrected chi connectivity index (χ4v) is 3.72. The van der Waals surface area contributed by atoms with Gasteiger partial charge >= 0.3 is 0 Å². The van der Waals surface area contributed by atoms with Crippen LogP contribution in [0.3, 0.4) is 0 Å². The van der Waals surface area contributed by atoms with Gasteiger partial charge < -0.3 is 5.73 Å². The molecule has 0 aliphatic heterocycles. The maximum Gasteiger partial charge on any atom is 0.212 e. The molecule has 0 radical (unpaired) electrons. The van der Waals surface area contributed by atoms with Crippen LogP contribution in [-0.4, -0.2) is 26.8 Å². The van der Waals surface area contributed by atoms with Crippen molar-refractivity contribution in [3.8, 4) is 0 Å². The van der Waals surface area contributed by atoms with Crippen molar-refractivity contribution in [1.29, 1.82) is 0 Å². The lowest BCUT2D eigenvalue weighted by atomic mass is 10.0.